The molecule has 5 aromatic carbocycles. The summed E-state index contributed by atoms with van der Waals surface area (Å²) in [5.41, 5.74) is 12.0. The number of hydrogen-bond acceptors (Lipinski definition) is 2. The number of benzene rings is 5. The Balaban J connectivity index is 1.67. The van der Waals surface area contributed by atoms with Crippen LogP contribution in [0.3, 0.4) is 0 Å². The average molecular weight is 591 g/mol. The van der Waals surface area contributed by atoms with Crippen molar-refractivity contribution < 1.29 is 0 Å². The number of nitrogens with zero attached hydrogens (tertiary/aromatic N) is 2. The third-order valence-corrected chi connectivity index (χ3v) is 10.2. The standard InChI is InChI=1S/C41H38N2S/c1-6-29(7-2)33-25-37-34(32-20-14-15-21-36(32)44-37)24-35(33)41-42-38(30-16-10-8-11-17-30)40(31-18-12-9-13-19-31)43(41)39-27(4)22-26(3)23-28(39)5/h8-25,29H,6-7H2,1-5H3. The molecule has 2 heterocycles. The Morgan fingerprint density at radius 1 is 0.659 bits per heavy atom. The van der Waals surface area contributed by atoms with Crippen molar-refractivity contribution in [3.63, 3.8) is 0 Å². The smallest absolute Gasteiger partial charge is 0.146 e. The van der Waals surface area contributed by atoms with Gasteiger partial charge in [0.1, 0.15) is 5.82 Å². The van der Waals surface area contributed by atoms with Gasteiger partial charge in [-0.2, -0.15) is 0 Å². The number of thiophene rings is 1. The van der Waals surface area contributed by atoms with Gasteiger partial charge in [-0.1, -0.05) is 110 Å². The second kappa shape index (κ2) is 11.6. The molecule has 0 aliphatic heterocycles. The zero-order valence-corrected chi connectivity index (χ0v) is 27.0. The molecule has 2 nitrogen and oxygen atoms in total. The van der Waals surface area contributed by atoms with E-state index in [2.05, 4.69) is 148 Å². The van der Waals surface area contributed by atoms with Gasteiger partial charge >= 0.3 is 0 Å². The zero-order valence-electron chi connectivity index (χ0n) is 26.2. The summed E-state index contributed by atoms with van der Waals surface area (Å²) in [6.45, 7) is 11.3. The molecule has 218 valence electrons. The number of hydrogen-bond donors (Lipinski definition) is 0. The van der Waals surface area contributed by atoms with E-state index in [0.29, 0.717) is 5.92 Å². The summed E-state index contributed by atoms with van der Waals surface area (Å²) in [5, 5.41) is 2.63. The fraction of sp³-hybridized carbons (Fsp3) is 0.195. The maximum atomic E-state index is 5.66. The molecule has 0 aliphatic rings. The van der Waals surface area contributed by atoms with Crippen LogP contribution in [-0.2, 0) is 0 Å². The monoisotopic (exact) mass is 590 g/mol. The van der Waals surface area contributed by atoms with Crippen molar-refractivity contribution in [3.8, 4) is 39.6 Å². The van der Waals surface area contributed by atoms with Crippen molar-refractivity contribution in [1.82, 2.24) is 9.55 Å². The first-order chi connectivity index (χ1) is 21.5. The molecule has 0 radical (unpaired) electrons. The molecule has 0 unspecified atom stereocenters. The van der Waals surface area contributed by atoms with Crippen LogP contribution >= 0.6 is 11.3 Å². The SMILES string of the molecule is CCC(CC)c1cc2sc3ccccc3c2cc1-c1nc(-c2ccccc2)c(-c2ccccc2)n1-c1c(C)cc(C)cc1C. The Morgan fingerprint density at radius 3 is 1.93 bits per heavy atom. The van der Waals surface area contributed by atoms with E-state index >= 15 is 0 Å². The van der Waals surface area contributed by atoms with Gasteiger partial charge in [-0.15, -0.1) is 11.3 Å². The van der Waals surface area contributed by atoms with Crippen molar-refractivity contribution in [1.29, 1.82) is 0 Å². The molecule has 44 heavy (non-hydrogen) atoms. The number of fused-ring (bicyclic) bond motifs is 3. The van der Waals surface area contributed by atoms with Crippen LogP contribution in [-0.4, -0.2) is 9.55 Å². The highest BCUT2D eigenvalue weighted by atomic mass is 32.1. The highest BCUT2D eigenvalue weighted by Crippen LogP contribution is 2.45. The fourth-order valence-corrected chi connectivity index (χ4v) is 8.19. The minimum atomic E-state index is 0.435. The van der Waals surface area contributed by atoms with Gasteiger partial charge in [-0.3, -0.25) is 4.57 Å². The highest BCUT2D eigenvalue weighted by molar-refractivity contribution is 7.25. The molecular weight excluding hydrogens is 553 g/mol. The van der Waals surface area contributed by atoms with E-state index in [1.165, 1.54) is 53.7 Å². The maximum Gasteiger partial charge on any atom is 0.146 e. The lowest BCUT2D eigenvalue weighted by Gasteiger charge is -2.22. The molecule has 0 saturated heterocycles. The predicted octanol–water partition coefficient (Wildman–Crippen LogP) is 12.1. The van der Waals surface area contributed by atoms with Crippen molar-refractivity contribution in [2.24, 2.45) is 0 Å². The van der Waals surface area contributed by atoms with E-state index in [4.69, 9.17) is 4.98 Å². The minimum Gasteiger partial charge on any atom is -0.291 e. The molecule has 0 N–H and O–H groups in total. The van der Waals surface area contributed by atoms with Gasteiger partial charge in [0.15, 0.2) is 0 Å². The van der Waals surface area contributed by atoms with Gasteiger partial charge in [-0.05, 0) is 74.4 Å². The van der Waals surface area contributed by atoms with E-state index in [1.807, 2.05) is 11.3 Å². The third-order valence-electron chi connectivity index (χ3n) is 9.05. The van der Waals surface area contributed by atoms with E-state index < -0.39 is 0 Å². The number of rotatable bonds is 7. The van der Waals surface area contributed by atoms with Gasteiger partial charge in [0.05, 0.1) is 17.1 Å². The zero-order chi connectivity index (χ0) is 30.4. The number of aromatic nitrogens is 2. The van der Waals surface area contributed by atoms with Gasteiger partial charge in [0, 0.05) is 36.9 Å². The van der Waals surface area contributed by atoms with Crippen LogP contribution in [0.2, 0.25) is 0 Å². The summed E-state index contributed by atoms with van der Waals surface area (Å²) in [6, 6.07) is 39.9. The number of imidazole rings is 1. The minimum absolute atomic E-state index is 0.435. The molecule has 3 heteroatoms. The second-order valence-corrected chi connectivity index (χ2v) is 13.1. The van der Waals surface area contributed by atoms with Gasteiger partial charge in [-0.25, -0.2) is 4.98 Å². The van der Waals surface area contributed by atoms with Crippen molar-refractivity contribution in [3.05, 3.63) is 131 Å². The first-order valence-electron chi connectivity index (χ1n) is 15.8. The molecule has 7 rings (SSSR count). The van der Waals surface area contributed by atoms with E-state index in [0.717, 1.165) is 41.2 Å². The van der Waals surface area contributed by atoms with Crippen molar-refractivity contribution in [2.75, 3.05) is 0 Å². The fourth-order valence-electron chi connectivity index (χ4n) is 7.05. The summed E-state index contributed by atoms with van der Waals surface area (Å²) in [7, 11) is 0. The molecule has 0 spiro atoms. The Kier molecular flexibility index (Phi) is 7.43. The number of aryl methyl sites for hydroxylation is 3. The van der Waals surface area contributed by atoms with Gasteiger partial charge in [0.2, 0.25) is 0 Å². The quantitative estimate of drug-likeness (QED) is 0.181. The van der Waals surface area contributed by atoms with E-state index in [9.17, 15) is 0 Å². The maximum absolute atomic E-state index is 5.66. The van der Waals surface area contributed by atoms with Crippen LogP contribution in [0.5, 0.6) is 0 Å². The van der Waals surface area contributed by atoms with Gasteiger partial charge < -0.3 is 0 Å². The lowest BCUT2D eigenvalue weighted by Crippen LogP contribution is -2.07. The van der Waals surface area contributed by atoms with Gasteiger partial charge in [0.25, 0.3) is 0 Å². The predicted molar refractivity (Wildman–Crippen MR) is 190 cm³/mol. The molecule has 0 atom stereocenters. The molecule has 7 aromatic rings. The summed E-state index contributed by atoms with van der Waals surface area (Å²) >= 11 is 1.90. The lowest BCUT2D eigenvalue weighted by molar-refractivity contribution is 0.643. The van der Waals surface area contributed by atoms with Crippen LogP contribution in [0, 0.1) is 20.8 Å². The Hall–Kier alpha value is -4.47. The summed E-state index contributed by atoms with van der Waals surface area (Å²) in [5.74, 6) is 1.45. The highest BCUT2D eigenvalue weighted by Gasteiger charge is 2.27. The van der Waals surface area contributed by atoms with Crippen LogP contribution < -0.4 is 0 Å². The van der Waals surface area contributed by atoms with Crippen LogP contribution in [0.1, 0.15) is 54.9 Å². The lowest BCUT2D eigenvalue weighted by atomic mass is 9.88. The molecule has 0 aliphatic carbocycles. The largest absolute Gasteiger partial charge is 0.291 e. The third kappa shape index (κ3) is 4.76. The first-order valence-corrected chi connectivity index (χ1v) is 16.6. The molecule has 0 fully saturated rings. The van der Waals surface area contributed by atoms with Crippen LogP contribution in [0.4, 0.5) is 0 Å². The van der Waals surface area contributed by atoms with E-state index in [1.54, 1.807) is 0 Å². The first kappa shape index (κ1) is 28.3. The Labute approximate surface area is 264 Å². The topological polar surface area (TPSA) is 17.8 Å². The van der Waals surface area contributed by atoms with Crippen LogP contribution in [0.25, 0.3) is 59.8 Å². The summed E-state index contributed by atoms with van der Waals surface area (Å²) < 4.78 is 5.16. The molecule has 0 saturated carbocycles. The normalized spacial score (nSPS) is 11.7. The van der Waals surface area contributed by atoms with Crippen LogP contribution in [0.15, 0.2) is 109 Å². The molecular formula is C41H38N2S. The molecule has 0 bridgehead atoms. The Bertz CT molecular complexity index is 2090. The second-order valence-electron chi connectivity index (χ2n) is 12.0. The van der Waals surface area contributed by atoms with Crippen molar-refractivity contribution in [2.45, 2.75) is 53.4 Å². The van der Waals surface area contributed by atoms with E-state index in [-0.39, 0.29) is 0 Å². The van der Waals surface area contributed by atoms with Crippen molar-refractivity contribution >= 4 is 31.5 Å². The molecule has 2 aromatic heterocycles. The summed E-state index contributed by atoms with van der Waals surface area (Å²) in [4.78, 5) is 5.66. The average Bonchev–Trinajstić information content (AvgIpc) is 3.60. The molecule has 0 amide bonds. The Morgan fingerprint density at radius 2 is 1.27 bits per heavy atom. The summed E-state index contributed by atoms with van der Waals surface area (Å²) in [6.07, 6.45) is 2.17.